The van der Waals surface area contributed by atoms with Crippen LogP contribution in [0.3, 0.4) is 0 Å². The molecule has 0 bridgehead atoms. The summed E-state index contributed by atoms with van der Waals surface area (Å²) in [4.78, 5) is 21.5. The second kappa shape index (κ2) is 6.91. The minimum absolute atomic E-state index is 0.307. The van der Waals surface area contributed by atoms with Crippen LogP contribution in [0.2, 0.25) is 0 Å². The monoisotopic (exact) mass is 327 g/mol. The van der Waals surface area contributed by atoms with Crippen LogP contribution in [-0.4, -0.2) is 63.9 Å². The summed E-state index contributed by atoms with van der Waals surface area (Å²) in [5.41, 5.74) is 2.08. The summed E-state index contributed by atoms with van der Waals surface area (Å²) in [5, 5.41) is 3.41. The van der Waals surface area contributed by atoms with Crippen molar-refractivity contribution >= 4 is 11.6 Å². The smallest absolute Gasteiger partial charge is 0.224 e. The van der Waals surface area contributed by atoms with Crippen LogP contribution in [0.25, 0.3) is 5.65 Å². The fraction of sp³-hybridized carbons (Fsp3) is 0.556. The van der Waals surface area contributed by atoms with Gasteiger partial charge in [-0.25, -0.2) is 4.98 Å². The Kier molecular flexibility index (Phi) is 4.49. The van der Waals surface area contributed by atoms with Crippen LogP contribution >= 0.6 is 0 Å². The summed E-state index contributed by atoms with van der Waals surface area (Å²) in [6, 6.07) is 6.45. The Hall–Kier alpha value is -1.92. The Morgan fingerprint density at radius 2 is 2.12 bits per heavy atom. The van der Waals surface area contributed by atoms with Crippen LogP contribution < -0.4 is 5.32 Å². The van der Waals surface area contributed by atoms with E-state index >= 15 is 0 Å². The third kappa shape index (κ3) is 3.44. The SMILES string of the molecule is O=C(CC1CCCN1)N1CCN(Cc2cn3ccccc3n2)CC1. The number of nitrogens with one attached hydrogen (secondary N) is 1. The second-order valence-electron chi connectivity index (χ2n) is 6.85. The maximum atomic E-state index is 12.4. The van der Waals surface area contributed by atoms with E-state index in [1.165, 1.54) is 6.42 Å². The molecule has 2 aromatic heterocycles. The third-order valence-electron chi connectivity index (χ3n) is 5.11. The molecular formula is C18H25N5O. The Morgan fingerprint density at radius 1 is 1.25 bits per heavy atom. The van der Waals surface area contributed by atoms with Gasteiger partial charge in [0.15, 0.2) is 0 Å². The molecule has 1 atom stereocenters. The maximum Gasteiger partial charge on any atom is 0.224 e. The molecule has 1 unspecified atom stereocenters. The second-order valence-corrected chi connectivity index (χ2v) is 6.85. The lowest BCUT2D eigenvalue weighted by Gasteiger charge is -2.34. The van der Waals surface area contributed by atoms with E-state index in [2.05, 4.69) is 25.8 Å². The largest absolute Gasteiger partial charge is 0.340 e. The van der Waals surface area contributed by atoms with Crippen LogP contribution in [-0.2, 0) is 11.3 Å². The Bertz CT molecular complexity index is 665. The molecule has 1 N–H and O–H groups in total. The zero-order valence-electron chi connectivity index (χ0n) is 14.0. The van der Waals surface area contributed by atoms with Crippen LogP contribution in [0, 0.1) is 0 Å². The molecule has 4 heterocycles. The van der Waals surface area contributed by atoms with E-state index in [4.69, 9.17) is 0 Å². The summed E-state index contributed by atoms with van der Waals surface area (Å²) in [6.45, 7) is 5.44. The minimum Gasteiger partial charge on any atom is -0.340 e. The summed E-state index contributed by atoms with van der Waals surface area (Å²) < 4.78 is 2.06. The molecule has 0 aromatic carbocycles. The molecule has 0 saturated carbocycles. The first-order valence-electron chi connectivity index (χ1n) is 8.94. The molecule has 4 rings (SSSR count). The van der Waals surface area contributed by atoms with E-state index in [0.29, 0.717) is 18.4 Å². The van der Waals surface area contributed by atoms with Crippen molar-refractivity contribution in [2.45, 2.75) is 31.8 Å². The quantitative estimate of drug-likeness (QED) is 0.914. The molecule has 2 fully saturated rings. The van der Waals surface area contributed by atoms with E-state index in [9.17, 15) is 4.79 Å². The first-order chi connectivity index (χ1) is 11.8. The molecule has 128 valence electrons. The van der Waals surface area contributed by atoms with Gasteiger partial charge in [0.2, 0.25) is 5.91 Å². The predicted molar refractivity (Wildman–Crippen MR) is 92.7 cm³/mol. The van der Waals surface area contributed by atoms with E-state index in [0.717, 1.165) is 57.0 Å². The van der Waals surface area contributed by atoms with Gasteiger partial charge in [-0.15, -0.1) is 0 Å². The van der Waals surface area contributed by atoms with Gasteiger partial charge in [-0.1, -0.05) is 6.07 Å². The first kappa shape index (κ1) is 15.6. The van der Waals surface area contributed by atoms with Gasteiger partial charge in [-0.3, -0.25) is 9.69 Å². The minimum atomic E-state index is 0.307. The molecule has 2 saturated heterocycles. The molecule has 2 aliphatic rings. The van der Waals surface area contributed by atoms with Gasteiger partial charge in [0.05, 0.1) is 5.69 Å². The van der Waals surface area contributed by atoms with Crippen molar-refractivity contribution in [1.82, 2.24) is 24.5 Å². The van der Waals surface area contributed by atoms with Crippen LogP contribution in [0.1, 0.15) is 25.0 Å². The highest BCUT2D eigenvalue weighted by molar-refractivity contribution is 5.77. The van der Waals surface area contributed by atoms with Gasteiger partial charge in [0, 0.05) is 57.6 Å². The molecule has 6 heteroatoms. The number of fused-ring (bicyclic) bond motifs is 1. The number of hydrogen-bond acceptors (Lipinski definition) is 4. The normalized spacial score (nSPS) is 22.3. The highest BCUT2D eigenvalue weighted by Crippen LogP contribution is 2.13. The number of hydrogen-bond donors (Lipinski definition) is 1. The number of nitrogens with zero attached hydrogens (tertiary/aromatic N) is 4. The fourth-order valence-electron chi connectivity index (χ4n) is 3.72. The number of amides is 1. The van der Waals surface area contributed by atoms with Gasteiger partial charge in [0.1, 0.15) is 5.65 Å². The number of aromatic nitrogens is 2. The number of piperazine rings is 1. The van der Waals surface area contributed by atoms with Crippen LogP contribution in [0.5, 0.6) is 0 Å². The zero-order valence-corrected chi connectivity index (χ0v) is 14.0. The third-order valence-corrected chi connectivity index (χ3v) is 5.11. The number of carbonyl (C=O) groups is 1. The van der Waals surface area contributed by atoms with Crippen molar-refractivity contribution < 1.29 is 4.79 Å². The summed E-state index contributed by atoms with van der Waals surface area (Å²) >= 11 is 0. The molecule has 1 amide bonds. The Balaban J connectivity index is 1.28. The lowest BCUT2D eigenvalue weighted by atomic mass is 10.1. The van der Waals surface area contributed by atoms with E-state index in [-0.39, 0.29) is 0 Å². The average molecular weight is 327 g/mol. The standard InChI is InChI=1S/C18H25N5O/c24-18(12-15-4-3-6-19-15)22-10-8-21(9-11-22)13-16-14-23-7-2-1-5-17(23)20-16/h1-2,5,7,14-15,19H,3-4,6,8-13H2. The molecule has 24 heavy (non-hydrogen) atoms. The number of imidazole rings is 1. The van der Waals surface area contributed by atoms with Crippen molar-refractivity contribution in [3.05, 3.63) is 36.3 Å². The number of rotatable bonds is 4. The van der Waals surface area contributed by atoms with Crippen molar-refractivity contribution in [2.24, 2.45) is 0 Å². The molecular weight excluding hydrogens is 302 g/mol. The topological polar surface area (TPSA) is 52.9 Å². The van der Waals surface area contributed by atoms with Crippen molar-refractivity contribution in [2.75, 3.05) is 32.7 Å². The lowest BCUT2D eigenvalue weighted by molar-refractivity contribution is -0.133. The van der Waals surface area contributed by atoms with Crippen molar-refractivity contribution in [3.63, 3.8) is 0 Å². The summed E-state index contributed by atoms with van der Waals surface area (Å²) in [7, 11) is 0. The van der Waals surface area contributed by atoms with Crippen molar-refractivity contribution in [1.29, 1.82) is 0 Å². The van der Waals surface area contributed by atoms with Gasteiger partial charge in [0.25, 0.3) is 0 Å². The van der Waals surface area contributed by atoms with Crippen molar-refractivity contribution in [3.8, 4) is 0 Å². The highest BCUT2D eigenvalue weighted by atomic mass is 16.2. The molecule has 2 aromatic rings. The van der Waals surface area contributed by atoms with Gasteiger partial charge in [-0.2, -0.15) is 0 Å². The Labute approximate surface area is 142 Å². The molecule has 0 spiro atoms. The lowest BCUT2D eigenvalue weighted by Crippen LogP contribution is -2.49. The zero-order chi connectivity index (χ0) is 16.4. The van der Waals surface area contributed by atoms with Gasteiger partial charge < -0.3 is 14.6 Å². The van der Waals surface area contributed by atoms with E-state index in [1.54, 1.807) is 0 Å². The number of pyridine rings is 1. The average Bonchev–Trinajstić information content (AvgIpc) is 3.24. The fourth-order valence-corrected chi connectivity index (χ4v) is 3.72. The van der Waals surface area contributed by atoms with E-state index in [1.807, 2.05) is 29.3 Å². The maximum absolute atomic E-state index is 12.4. The number of carbonyl (C=O) groups excluding carboxylic acids is 1. The van der Waals surface area contributed by atoms with Crippen LogP contribution in [0.15, 0.2) is 30.6 Å². The highest BCUT2D eigenvalue weighted by Gasteiger charge is 2.25. The predicted octanol–water partition coefficient (Wildman–Crippen LogP) is 1.12. The molecule has 6 nitrogen and oxygen atoms in total. The van der Waals surface area contributed by atoms with E-state index < -0.39 is 0 Å². The first-order valence-corrected chi connectivity index (χ1v) is 8.94. The van der Waals surface area contributed by atoms with Gasteiger partial charge >= 0.3 is 0 Å². The molecule has 0 radical (unpaired) electrons. The molecule has 0 aliphatic carbocycles. The summed E-state index contributed by atoms with van der Waals surface area (Å²) in [6.07, 6.45) is 7.12. The Morgan fingerprint density at radius 3 is 2.88 bits per heavy atom. The van der Waals surface area contributed by atoms with Crippen LogP contribution in [0.4, 0.5) is 0 Å². The van der Waals surface area contributed by atoms with Gasteiger partial charge in [-0.05, 0) is 31.5 Å². The summed E-state index contributed by atoms with van der Waals surface area (Å²) in [5.74, 6) is 0.307. The molecule has 2 aliphatic heterocycles.